The number of nitrogens with one attached hydrogen (secondary N) is 1. The highest BCUT2D eigenvalue weighted by atomic mass is 16.6. The number of benzene rings is 1. The number of fused-ring (bicyclic) bond motifs is 3. The number of carboxylic acids is 1. The summed E-state index contributed by atoms with van der Waals surface area (Å²) < 4.78 is 22.8. The fourth-order valence-corrected chi connectivity index (χ4v) is 5.34. The van der Waals surface area contributed by atoms with Crippen molar-refractivity contribution in [1.82, 2.24) is 15.1 Å². The second kappa shape index (κ2) is 12.1. The van der Waals surface area contributed by atoms with Crippen LogP contribution in [0.1, 0.15) is 58.6 Å². The molecule has 4 rings (SSSR count). The van der Waals surface area contributed by atoms with E-state index in [2.05, 4.69) is 5.32 Å². The van der Waals surface area contributed by atoms with Gasteiger partial charge in [-0.3, -0.25) is 9.69 Å². The molecule has 2 N–H and O–H groups in total. The quantitative estimate of drug-likeness (QED) is 0.495. The van der Waals surface area contributed by atoms with Crippen LogP contribution in [0.3, 0.4) is 0 Å². The first kappa shape index (κ1) is 31.0. The van der Waals surface area contributed by atoms with Gasteiger partial charge in [-0.2, -0.15) is 0 Å². The first-order valence-corrected chi connectivity index (χ1v) is 14.1. The fraction of sp³-hybridized carbons (Fsp3) is 0.600. The number of carbonyl (C=O) groups excluding carboxylic acids is 3. The number of allylic oxidation sites excluding steroid dienone is 1. The smallest absolute Gasteiger partial charge is 0.410 e. The summed E-state index contributed by atoms with van der Waals surface area (Å²) in [7, 11) is 1.55. The zero-order chi connectivity index (χ0) is 30.8. The van der Waals surface area contributed by atoms with Crippen molar-refractivity contribution < 1.29 is 43.2 Å². The summed E-state index contributed by atoms with van der Waals surface area (Å²) in [6, 6.07) is 1.38. The molecule has 3 heterocycles. The molecule has 3 atom stereocenters. The van der Waals surface area contributed by atoms with E-state index in [9.17, 15) is 24.3 Å². The Balaban J connectivity index is 1.64. The van der Waals surface area contributed by atoms with Gasteiger partial charge in [0.15, 0.2) is 11.5 Å². The highest BCUT2D eigenvalue weighted by Crippen LogP contribution is 2.39. The van der Waals surface area contributed by atoms with Crippen molar-refractivity contribution in [2.75, 3.05) is 26.9 Å². The fourth-order valence-electron chi connectivity index (χ4n) is 5.34. The molecule has 0 saturated carbocycles. The van der Waals surface area contributed by atoms with E-state index in [0.29, 0.717) is 17.9 Å². The van der Waals surface area contributed by atoms with Gasteiger partial charge in [0.1, 0.15) is 24.8 Å². The normalized spacial score (nSPS) is 25.1. The zero-order valence-electron chi connectivity index (χ0n) is 25.1. The minimum Gasteiger partial charge on any atom is -0.493 e. The van der Waals surface area contributed by atoms with Gasteiger partial charge in [-0.05, 0) is 23.5 Å². The zero-order valence-corrected chi connectivity index (χ0v) is 25.1. The summed E-state index contributed by atoms with van der Waals surface area (Å²) >= 11 is 0. The molecule has 1 fully saturated rings. The van der Waals surface area contributed by atoms with Crippen LogP contribution in [0.15, 0.2) is 24.3 Å². The van der Waals surface area contributed by atoms with Crippen LogP contribution >= 0.6 is 0 Å². The molecule has 12 heteroatoms. The Bertz CT molecular complexity index is 1250. The third kappa shape index (κ3) is 6.91. The number of carbonyl (C=O) groups is 4. The Hall–Kier alpha value is -3.96. The van der Waals surface area contributed by atoms with E-state index in [1.165, 1.54) is 9.80 Å². The molecule has 1 aromatic rings. The minimum absolute atomic E-state index is 0.0718. The van der Waals surface area contributed by atoms with E-state index in [0.717, 1.165) is 11.1 Å². The molecular weight excluding hydrogens is 546 g/mol. The van der Waals surface area contributed by atoms with Crippen molar-refractivity contribution >= 4 is 24.1 Å². The van der Waals surface area contributed by atoms with Gasteiger partial charge in [0, 0.05) is 23.9 Å². The van der Waals surface area contributed by atoms with Crippen LogP contribution in [0, 0.1) is 10.8 Å². The van der Waals surface area contributed by atoms with E-state index >= 15 is 0 Å². The van der Waals surface area contributed by atoms with Crippen LogP contribution in [-0.2, 0) is 32.2 Å². The number of hydrogen-bond acceptors (Lipinski definition) is 8. The summed E-state index contributed by atoms with van der Waals surface area (Å²) in [6.07, 6.45) is 2.09. The minimum atomic E-state index is -1.22. The maximum Gasteiger partial charge on any atom is 0.410 e. The largest absolute Gasteiger partial charge is 0.493 e. The molecular formula is C30H41N3O9. The molecule has 230 valence electrons. The number of aliphatic carboxylic acids is 1. The van der Waals surface area contributed by atoms with E-state index in [4.69, 9.17) is 18.9 Å². The molecule has 42 heavy (non-hydrogen) atoms. The summed E-state index contributed by atoms with van der Waals surface area (Å²) in [4.78, 5) is 54.6. The number of nitrogens with zero attached hydrogens (tertiary/aromatic N) is 2. The third-order valence-corrected chi connectivity index (χ3v) is 7.74. The number of ether oxygens (including phenoxy) is 4. The van der Waals surface area contributed by atoms with Crippen LogP contribution in [0.2, 0.25) is 0 Å². The highest BCUT2D eigenvalue weighted by Gasteiger charge is 2.47. The second-order valence-electron chi connectivity index (χ2n) is 12.8. The Morgan fingerprint density at radius 2 is 1.86 bits per heavy atom. The molecule has 3 amide bonds. The van der Waals surface area contributed by atoms with Gasteiger partial charge in [-0.15, -0.1) is 0 Å². The van der Waals surface area contributed by atoms with E-state index in [-0.39, 0.29) is 39.3 Å². The van der Waals surface area contributed by atoms with E-state index in [1.54, 1.807) is 33.9 Å². The number of amides is 3. The number of cyclic esters (lactones) is 1. The average molecular weight is 588 g/mol. The topological polar surface area (TPSA) is 144 Å². The molecule has 0 spiro atoms. The van der Waals surface area contributed by atoms with Gasteiger partial charge < -0.3 is 34.3 Å². The SMILES string of the molecule is COc1ccc2c3c1OCC=CCC(C)(C)COC(=O)N[C@@H](C(C)(C)C)C(=O)N1C[C@@H](CC1C(=O)O)OC(=O)N(C2)C3. The molecule has 3 aliphatic rings. The summed E-state index contributed by atoms with van der Waals surface area (Å²) in [5, 5.41) is 12.6. The van der Waals surface area contributed by atoms with Crippen LogP contribution < -0.4 is 14.8 Å². The molecule has 0 radical (unpaired) electrons. The molecule has 1 aromatic carbocycles. The van der Waals surface area contributed by atoms with Gasteiger partial charge in [0.2, 0.25) is 5.91 Å². The average Bonchev–Trinajstić information content (AvgIpc) is 3.54. The van der Waals surface area contributed by atoms with Crippen molar-refractivity contribution in [3.8, 4) is 11.5 Å². The lowest BCUT2D eigenvalue weighted by Gasteiger charge is -2.34. The number of alkyl carbamates (subject to hydrolysis) is 1. The molecule has 0 aromatic heterocycles. The maximum absolute atomic E-state index is 13.7. The second-order valence-corrected chi connectivity index (χ2v) is 12.8. The molecule has 0 aliphatic carbocycles. The van der Waals surface area contributed by atoms with Gasteiger partial charge in [-0.1, -0.05) is 52.8 Å². The van der Waals surface area contributed by atoms with Crippen LogP contribution in [-0.4, -0.2) is 84.0 Å². The van der Waals surface area contributed by atoms with Crippen LogP contribution in [0.4, 0.5) is 9.59 Å². The Kier molecular flexibility index (Phi) is 8.93. The Labute approximate surface area is 245 Å². The maximum atomic E-state index is 13.7. The van der Waals surface area contributed by atoms with E-state index in [1.807, 2.05) is 32.1 Å². The predicted octanol–water partition coefficient (Wildman–Crippen LogP) is 3.71. The van der Waals surface area contributed by atoms with Crippen molar-refractivity contribution in [2.24, 2.45) is 10.8 Å². The molecule has 12 nitrogen and oxygen atoms in total. The van der Waals surface area contributed by atoms with Crippen molar-refractivity contribution in [3.63, 3.8) is 0 Å². The third-order valence-electron chi connectivity index (χ3n) is 7.74. The van der Waals surface area contributed by atoms with Gasteiger partial charge >= 0.3 is 18.2 Å². The lowest BCUT2D eigenvalue weighted by atomic mass is 9.85. The highest BCUT2D eigenvalue weighted by molar-refractivity contribution is 5.90. The van der Waals surface area contributed by atoms with Gasteiger partial charge in [0.05, 0.1) is 26.8 Å². The van der Waals surface area contributed by atoms with Crippen molar-refractivity contribution in [1.29, 1.82) is 0 Å². The number of rotatable bonds is 2. The first-order chi connectivity index (χ1) is 19.7. The van der Waals surface area contributed by atoms with Crippen molar-refractivity contribution in [3.05, 3.63) is 35.4 Å². The molecule has 1 unspecified atom stereocenters. The molecule has 3 aliphatic heterocycles. The van der Waals surface area contributed by atoms with Crippen LogP contribution in [0.5, 0.6) is 11.5 Å². The predicted molar refractivity (Wildman–Crippen MR) is 151 cm³/mol. The lowest BCUT2D eigenvalue weighted by molar-refractivity contribution is -0.150. The van der Waals surface area contributed by atoms with Gasteiger partial charge in [-0.25, -0.2) is 14.4 Å². The Morgan fingerprint density at radius 1 is 1.12 bits per heavy atom. The number of methoxy groups -OCH3 is 1. The lowest BCUT2D eigenvalue weighted by Crippen LogP contribution is -2.57. The van der Waals surface area contributed by atoms with Crippen molar-refractivity contribution in [2.45, 2.75) is 78.7 Å². The molecule has 4 bridgehead atoms. The molecule has 1 saturated heterocycles. The van der Waals surface area contributed by atoms with Crippen LogP contribution in [0.25, 0.3) is 0 Å². The standard InChI is InChI=1S/C30H41N3O9/c1-29(2,3)24-25(34)33-15-19(13-21(33)26(35)36)42-28(38)32-14-18-9-10-22(39-6)23(20(18)16-32)40-12-8-7-11-30(4,5)17-41-27(37)31-24/h7-10,19,21,24H,11-17H2,1-6H3,(H,31,37)(H,35,36)/t19-,21?,24-/m1/s1. The first-order valence-electron chi connectivity index (χ1n) is 14.1. The van der Waals surface area contributed by atoms with Gasteiger partial charge in [0.25, 0.3) is 0 Å². The number of hydrogen-bond donors (Lipinski definition) is 2. The monoisotopic (exact) mass is 587 g/mol. The summed E-state index contributed by atoms with van der Waals surface area (Å²) in [6.45, 7) is 9.96. The Morgan fingerprint density at radius 3 is 2.52 bits per heavy atom. The summed E-state index contributed by atoms with van der Waals surface area (Å²) in [5.74, 6) is -0.722. The summed E-state index contributed by atoms with van der Waals surface area (Å²) in [5.41, 5.74) is 0.529. The van der Waals surface area contributed by atoms with E-state index < -0.39 is 53.1 Å². The number of carboxylic acid groups (broad SMARTS) is 1.